The van der Waals surface area contributed by atoms with Crippen molar-refractivity contribution in [1.82, 2.24) is 4.31 Å². The van der Waals surface area contributed by atoms with Crippen molar-refractivity contribution in [2.75, 3.05) is 13.1 Å². The van der Waals surface area contributed by atoms with Gasteiger partial charge >= 0.3 is 0 Å². The van der Waals surface area contributed by atoms with Crippen LogP contribution in [0.15, 0.2) is 23.1 Å². The van der Waals surface area contributed by atoms with Gasteiger partial charge in [-0.1, -0.05) is 18.5 Å². The minimum absolute atomic E-state index is 0.0278. The maximum absolute atomic E-state index is 12.6. The van der Waals surface area contributed by atoms with Crippen LogP contribution in [0.4, 0.5) is 0 Å². The Balaban J connectivity index is 2.38. The van der Waals surface area contributed by atoms with E-state index in [0.717, 1.165) is 6.42 Å². The smallest absolute Gasteiger partial charge is 0.244 e. The molecule has 1 aromatic rings. The molecule has 108 valence electrons. The topological polar surface area (TPSA) is 87.2 Å². The first-order valence-electron chi connectivity index (χ1n) is 6.31. The summed E-state index contributed by atoms with van der Waals surface area (Å²) in [6, 6.07) is 5.96. The number of nitrogens with zero attached hydrogens (tertiary/aromatic N) is 2. The lowest BCUT2D eigenvalue weighted by Gasteiger charge is -2.34. The van der Waals surface area contributed by atoms with E-state index in [0.29, 0.717) is 12.5 Å². The van der Waals surface area contributed by atoms with Crippen LogP contribution in [0.1, 0.15) is 18.9 Å². The van der Waals surface area contributed by atoms with Gasteiger partial charge in [0.05, 0.1) is 16.7 Å². The summed E-state index contributed by atoms with van der Waals surface area (Å²) >= 11 is 5.98. The van der Waals surface area contributed by atoms with Crippen LogP contribution in [-0.2, 0) is 10.0 Å². The van der Waals surface area contributed by atoms with Gasteiger partial charge in [0.25, 0.3) is 0 Å². The number of halogens is 1. The molecule has 0 bridgehead atoms. The molecule has 0 radical (unpaired) electrons. The summed E-state index contributed by atoms with van der Waals surface area (Å²) in [7, 11) is -3.71. The highest BCUT2D eigenvalue weighted by Crippen LogP contribution is 2.28. The molecule has 2 rings (SSSR count). The number of hydrogen-bond acceptors (Lipinski definition) is 4. The Morgan fingerprint density at radius 1 is 1.50 bits per heavy atom. The largest absolute Gasteiger partial charge is 0.326 e. The number of nitriles is 1. The molecule has 1 heterocycles. The predicted octanol–water partition coefficient (Wildman–Crippen LogP) is 1.57. The Kier molecular flexibility index (Phi) is 4.35. The molecule has 20 heavy (non-hydrogen) atoms. The van der Waals surface area contributed by atoms with Gasteiger partial charge in [-0.25, -0.2) is 8.42 Å². The van der Waals surface area contributed by atoms with Crippen molar-refractivity contribution in [2.24, 2.45) is 11.7 Å². The molecule has 2 atom stereocenters. The Labute approximate surface area is 124 Å². The fourth-order valence-corrected chi connectivity index (χ4v) is 4.19. The Hall–Kier alpha value is -1.13. The highest BCUT2D eigenvalue weighted by Gasteiger charge is 2.33. The van der Waals surface area contributed by atoms with Gasteiger partial charge in [0, 0.05) is 19.1 Å². The van der Waals surface area contributed by atoms with Gasteiger partial charge in [0.1, 0.15) is 4.90 Å². The average Bonchev–Trinajstić information content (AvgIpc) is 2.42. The number of rotatable bonds is 2. The third-order valence-electron chi connectivity index (χ3n) is 3.66. The molecule has 1 aromatic carbocycles. The molecular weight excluding hydrogens is 298 g/mol. The lowest BCUT2D eigenvalue weighted by molar-refractivity contribution is 0.253. The summed E-state index contributed by atoms with van der Waals surface area (Å²) < 4.78 is 26.6. The molecule has 1 fully saturated rings. The second-order valence-corrected chi connectivity index (χ2v) is 7.36. The Morgan fingerprint density at radius 3 is 2.80 bits per heavy atom. The van der Waals surface area contributed by atoms with Gasteiger partial charge in [-0.15, -0.1) is 0 Å². The SMILES string of the molecule is CC1CCN(S(=O)(=O)c2cc(C#N)ccc2Cl)CC1N. The van der Waals surface area contributed by atoms with Gasteiger partial charge in [-0.2, -0.15) is 9.57 Å². The van der Waals surface area contributed by atoms with Crippen molar-refractivity contribution in [3.05, 3.63) is 28.8 Å². The molecule has 2 unspecified atom stereocenters. The van der Waals surface area contributed by atoms with Crippen molar-refractivity contribution < 1.29 is 8.42 Å². The minimum atomic E-state index is -3.71. The number of nitrogens with two attached hydrogens (primary N) is 1. The molecule has 0 saturated carbocycles. The van der Waals surface area contributed by atoms with E-state index in [1.54, 1.807) is 0 Å². The van der Waals surface area contributed by atoms with E-state index in [1.165, 1.54) is 22.5 Å². The standard InChI is InChI=1S/C13H16ClN3O2S/c1-9-4-5-17(8-12(9)16)20(18,19)13-6-10(7-15)2-3-11(13)14/h2-3,6,9,12H,4-5,8,16H2,1H3. The van der Waals surface area contributed by atoms with Gasteiger partial charge < -0.3 is 5.73 Å². The molecule has 0 amide bonds. The van der Waals surface area contributed by atoms with Gasteiger partial charge in [-0.3, -0.25) is 0 Å². The monoisotopic (exact) mass is 313 g/mol. The van der Waals surface area contributed by atoms with E-state index >= 15 is 0 Å². The molecule has 1 aliphatic heterocycles. The molecule has 2 N–H and O–H groups in total. The van der Waals surface area contributed by atoms with E-state index in [9.17, 15) is 8.42 Å². The Bertz CT molecular complexity index is 654. The van der Waals surface area contributed by atoms with E-state index < -0.39 is 10.0 Å². The summed E-state index contributed by atoms with van der Waals surface area (Å²) in [4.78, 5) is -0.0278. The number of sulfonamides is 1. The van der Waals surface area contributed by atoms with Gasteiger partial charge in [-0.05, 0) is 30.5 Å². The van der Waals surface area contributed by atoms with Crippen molar-refractivity contribution in [3.63, 3.8) is 0 Å². The zero-order valence-electron chi connectivity index (χ0n) is 11.1. The van der Waals surface area contributed by atoms with E-state index in [4.69, 9.17) is 22.6 Å². The van der Waals surface area contributed by atoms with Crippen LogP contribution in [0.3, 0.4) is 0 Å². The molecule has 0 aliphatic carbocycles. The summed E-state index contributed by atoms with van der Waals surface area (Å²) in [6.45, 7) is 2.71. The lowest BCUT2D eigenvalue weighted by atomic mass is 9.96. The zero-order valence-corrected chi connectivity index (χ0v) is 12.7. The number of piperidine rings is 1. The van der Waals surface area contributed by atoms with Crippen LogP contribution in [0, 0.1) is 17.2 Å². The predicted molar refractivity (Wildman–Crippen MR) is 76.7 cm³/mol. The van der Waals surface area contributed by atoms with Crippen molar-refractivity contribution in [3.8, 4) is 6.07 Å². The fraction of sp³-hybridized carbons (Fsp3) is 0.462. The molecule has 1 saturated heterocycles. The molecule has 0 aromatic heterocycles. The van der Waals surface area contributed by atoms with Crippen LogP contribution in [0.25, 0.3) is 0 Å². The van der Waals surface area contributed by atoms with Gasteiger partial charge in [0.2, 0.25) is 10.0 Å². The first-order valence-corrected chi connectivity index (χ1v) is 8.13. The lowest BCUT2D eigenvalue weighted by Crippen LogP contribution is -2.49. The average molecular weight is 314 g/mol. The van der Waals surface area contributed by atoms with Crippen LogP contribution in [0.2, 0.25) is 5.02 Å². The third kappa shape index (κ3) is 2.81. The summed E-state index contributed by atoms with van der Waals surface area (Å²) in [5.74, 6) is 0.294. The summed E-state index contributed by atoms with van der Waals surface area (Å²) in [5, 5.41) is 9.01. The zero-order chi connectivity index (χ0) is 14.9. The van der Waals surface area contributed by atoms with Gasteiger partial charge in [0.15, 0.2) is 0 Å². The normalized spacial score (nSPS) is 24.3. The summed E-state index contributed by atoms with van der Waals surface area (Å²) in [5.41, 5.74) is 6.21. The fourth-order valence-electron chi connectivity index (χ4n) is 2.20. The molecule has 7 heteroatoms. The first-order chi connectivity index (χ1) is 9.36. The number of hydrogen-bond donors (Lipinski definition) is 1. The second-order valence-electron chi connectivity index (χ2n) is 5.05. The van der Waals surface area contributed by atoms with E-state index in [-0.39, 0.29) is 28.1 Å². The highest BCUT2D eigenvalue weighted by molar-refractivity contribution is 7.89. The van der Waals surface area contributed by atoms with Crippen molar-refractivity contribution in [1.29, 1.82) is 5.26 Å². The molecule has 0 spiro atoms. The number of benzene rings is 1. The third-order valence-corrected chi connectivity index (χ3v) is 6.00. The minimum Gasteiger partial charge on any atom is -0.326 e. The highest BCUT2D eigenvalue weighted by atomic mass is 35.5. The maximum Gasteiger partial charge on any atom is 0.244 e. The van der Waals surface area contributed by atoms with Crippen molar-refractivity contribution in [2.45, 2.75) is 24.3 Å². The van der Waals surface area contributed by atoms with Crippen LogP contribution < -0.4 is 5.73 Å². The maximum atomic E-state index is 12.6. The Morgan fingerprint density at radius 2 is 2.20 bits per heavy atom. The van der Waals surface area contributed by atoms with Crippen LogP contribution in [0.5, 0.6) is 0 Å². The van der Waals surface area contributed by atoms with Crippen LogP contribution in [-0.4, -0.2) is 31.9 Å². The second kappa shape index (κ2) is 5.70. The molecule has 1 aliphatic rings. The summed E-state index contributed by atoms with van der Waals surface area (Å²) in [6.07, 6.45) is 0.718. The van der Waals surface area contributed by atoms with Crippen LogP contribution >= 0.6 is 11.6 Å². The molecular formula is C13H16ClN3O2S. The first kappa shape index (κ1) is 15.3. The van der Waals surface area contributed by atoms with E-state index in [1.807, 2.05) is 13.0 Å². The van der Waals surface area contributed by atoms with E-state index in [2.05, 4.69) is 0 Å². The molecule has 5 nitrogen and oxygen atoms in total. The van der Waals surface area contributed by atoms with Crippen molar-refractivity contribution >= 4 is 21.6 Å². The quantitative estimate of drug-likeness (QED) is 0.897.